The summed E-state index contributed by atoms with van der Waals surface area (Å²) in [6.45, 7) is 1.45. The van der Waals surface area contributed by atoms with Gasteiger partial charge in [0.2, 0.25) is 0 Å². The van der Waals surface area contributed by atoms with Crippen molar-refractivity contribution in [1.29, 1.82) is 0 Å². The van der Waals surface area contributed by atoms with Crippen LogP contribution in [0.25, 0.3) is 0 Å². The molecular weight excluding hydrogens is 67.0 g/mol. The molecule has 0 rings (SSSR count). The van der Waals surface area contributed by atoms with Crippen LogP contribution in [0.4, 0.5) is 4.39 Å². The van der Waals surface area contributed by atoms with Gasteiger partial charge in [-0.1, -0.05) is 12.2 Å². The molecule has 1 heteroatoms. The lowest BCUT2D eigenvalue weighted by Gasteiger charge is -1.62. The smallest absolute Gasteiger partial charge is 0.247 e. The van der Waals surface area contributed by atoms with Crippen molar-refractivity contribution in [2.24, 2.45) is 0 Å². The Hall–Kier alpha value is -0.330. The SMILES string of the molecule is CC=CCF.[H+]. The largest absolute Gasteiger partial charge is 1.00 e. The molecule has 0 aliphatic heterocycles. The molecule has 0 aromatic heterocycles. The lowest BCUT2D eigenvalue weighted by Crippen LogP contribution is -1.53. The van der Waals surface area contributed by atoms with E-state index >= 15 is 0 Å². The van der Waals surface area contributed by atoms with Crippen molar-refractivity contribution in [3.63, 3.8) is 0 Å². The van der Waals surface area contributed by atoms with E-state index in [2.05, 4.69) is 0 Å². The molecule has 0 saturated heterocycles. The molecule has 30 valence electrons. The van der Waals surface area contributed by atoms with Gasteiger partial charge in [-0.2, -0.15) is 0 Å². The quantitative estimate of drug-likeness (QED) is 0.416. The van der Waals surface area contributed by atoms with Crippen LogP contribution in [-0.2, 0) is 0 Å². The average molecular weight is 75.1 g/mol. The van der Waals surface area contributed by atoms with Crippen LogP contribution >= 0.6 is 0 Å². The summed E-state index contributed by atoms with van der Waals surface area (Å²) in [4.78, 5) is 0. The van der Waals surface area contributed by atoms with Gasteiger partial charge in [-0.15, -0.1) is 0 Å². The van der Waals surface area contributed by atoms with E-state index in [4.69, 9.17) is 0 Å². The third-order valence-corrected chi connectivity index (χ3v) is 0.325. The summed E-state index contributed by atoms with van der Waals surface area (Å²) in [7, 11) is 0. The first-order valence-corrected chi connectivity index (χ1v) is 1.59. The first kappa shape index (κ1) is 4.67. The molecule has 0 aliphatic carbocycles. The van der Waals surface area contributed by atoms with Crippen molar-refractivity contribution >= 4 is 0 Å². The summed E-state index contributed by atoms with van der Waals surface area (Å²) in [6.07, 6.45) is 3.14. The highest BCUT2D eigenvalue weighted by atomic mass is 19.1. The van der Waals surface area contributed by atoms with Crippen LogP contribution in [0.1, 0.15) is 8.35 Å². The summed E-state index contributed by atoms with van der Waals surface area (Å²) in [6, 6.07) is 0. The van der Waals surface area contributed by atoms with E-state index < -0.39 is 0 Å². The summed E-state index contributed by atoms with van der Waals surface area (Å²) < 4.78 is 10.9. The van der Waals surface area contributed by atoms with Gasteiger partial charge in [-0.25, -0.2) is 4.39 Å². The molecular formula is C4H8F+. The molecule has 0 radical (unpaired) electrons. The molecule has 0 fully saturated rings. The summed E-state index contributed by atoms with van der Waals surface area (Å²) in [5.74, 6) is 0. The van der Waals surface area contributed by atoms with Crippen LogP contribution in [0.3, 0.4) is 0 Å². The second kappa shape index (κ2) is 3.67. The molecule has 0 aromatic rings. The normalized spacial score (nSPS) is 10.0. The Morgan fingerprint density at radius 3 is 2.60 bits per heavy atom. The molecule has 0 spiro atoms. The fourth-order valence-electron chi connectivity index (χ4n) is 0.0891. The molecule has 0 amide bonds. The number of halogens is 1. The summed E-state index contributed by atoms with van der Waals surface area (Å²) in [5, 5.41) is 0. The van der Waals surface area contributed by atoms with Crippen molar-refractivity contribution in [2.75, 3.05) is 6.67 Å². The highest BCUT2D eigenvalue weighted by Gasteiger charge is 1.56. The van der Waals surface area contributed by atoms with Crippen LogP contribution < -0.4 is 0 Å². The molecule has 0 aliphatic rings. The van der Waals surface area contributed by atoms with Gasteiger partial charge in [-0.3, -0.25) is 0 Å². The zero-order valence-electron chi connectivity index (χ0n) is 4.24. The number of rotatable bonds is 1. The van der Waals surface area contributed by atoms with E-state index in [1.54, 1.807) is 13.0 Å². The second-order valence-corrected chi connectivity index (χ2v) is 0.723. The Morgan fingerprint density at radius 2 is 2.60 bits per heavy atom. The van der Waals surface area contributed by atoms with Crippen LogP contribution in [0.5, 0.6) is 0 Å². The Bertz CT molecular complexity index is 34.5. The molecule has 0 bridgehead atoms. The van der Waals surface area contributed by atoms with Gasteiger partial charge in [0.05, 0.1) is 0 Å². The highest BCUT2D eigenvalue weighted by molar-refractivity contribution is 4.74. The number of hydrogen-bond acceptors (Lipinski definition) is 0. The van der Waals surface area contributed by atoms with Gasteiger partial charge < -0.3 is 0 Å². The number of alkyl halides is 1. The minimum absolute atomic E-state index is 0. The van der Waals surface area contributed by atoms with E-state index in [0.717, 1.165) is 0 Å². The highest BCUT2D eigenvalue weighted by Crippen LogP contribution is 1.67. The molecule has 0 saturated carbocycles. The second-order valence-electron chi connectivity index (χ2n) is 0.723. The van der Waals surface area contributed by atoms with Crippen LogP contribution in [0.15, 0.2) is 12.2 Å². The van der Waals surface area contributed by atoms with Gasteiger partial charge in [0.1, 0.15) is 6.67 Å². The van der Waals surface area contributed by atoms with E-state index in [1.807, 2.05) is 0 Å². The van der Waals surface area contributed by atoms with E-state index in [-0.39, 0.29) is 8.10 Å². The lowest BCUT2D eigenvalue weighted by molar-refractivity contribution is 0.561. The first-order valence-electron chi connectivity index (χ1n) is 1.59. The van der Waals surface area contributed by atoms with Crippen LogP contribution in [0.2, 0.25) is 0 Å². The maximum atomic E-state index is 10.9. The first-order chi connectivity index (χ1) is 2.41. The van der Waals surface area contributed by atoms with Crippen molar-refractivity contribution in [1.82, 2.24) is 0 Å². The Labute approximate surface area is 32.8 Å². The molecule has 5 heavy (non-hydrogen) atoms. The van der Waals surface area contributed by atoms with Crippen LogP contribution in [-0.4, -0.2) is 6.67 Å². The van der Waals surface area contributed by atoms with Crippen molar-refractivity contribution in [3.05, 3.63) is 12.2 Å². The van der Waals surface area contributed by atoms with Crippen LogP contribution in [0, 0.1) is 0 Å². The summed E-state index contributed by atoms with van der Waals surface area (Å²) >= 11 is 0. The molecule has 0 heterocycles. The lowest BCUT2D eigenvalue weighted by atomic mass is 10.6. The van der Waals surface area contributed by atoms with Crippen molar-refractivity contribution in [2.45, 2.75) is 6.92 Å². The van der Waals surface area contributed by atoms with Gasteiger partial charge in [0, 0.05) is 0 Å². The Kier molecular flexibility index (Phi) is 3.43. The third-order valence-electron chi connectivity index (χ3n) is 0.325. The average Bonchev–Trinajstić information content (AvgIpc) is 1.41. The monoisotopic (exact) mass is 75.1 g/mol. The minimum atomic E-state index is -0.337. The third kappa shape index (κ3) is 3.67. The molecule has 0 aromatic carbocycles. The predicted molar refractivity (Wildman–Crippen MR) is 21.9 cm³/mol. The van der Waals surface area contributed by atoms with Gasteiger partial charge in [-0.05, 0) is 6.92 Å². The molecule has 0 nitrogen and oxygen atoms in total. The fourth-order valence-corrected chi connectivity index (χ4v) is 0.0891. The van der Waals surface area contributed by atoms with Gasteiger partial charge in [0.15, 0.2) is 0 Å². The Balaban J connectivity index is 0. The predicted octanol–water partition coefficient (Wildman–Crippen LogP) is 1.64. The topological polar surface area (TPSA) is 0 Å². The van der Waals surface area contributed by atoms with Gasteiger partial charge in [0.25, 0.3) is 0 Å². The number of hydrogen-bond donors (Lipinski definition) is 0. The van der Waals surface area contributed by atoms with E-state index in [1.165, 1.54) is 6.08 Å². The van der Waals surface area contributed by atoms with Crippen molar-refractivity contribution in [3.8, 4) is 0 Å². The molecule has 0 unspecified atom stereocenters. The molecule has 0 N–H and O–H groups in total. The van der Waals surface area contributed by atoms with Gasteiger partial charge >= 0.3 is 1.43 Å². The number of allylic oxidation sites excluding steroid dienone is 2. The van der Waals surface area contributed by atoms with E-state index in [9.17, 15) is 4.39 Å². The maximum Gasteiger partial charge on any atom is 1.00 e. The molecule has 0 atom stereocenters. The van der Waals surface area contributed by atoms with Crippen molar-refractivity contribution < 1.29 is 5.82 Å². The fraction of sp³-hybridized carbons (Fsp3) is 0.500. The maximum absolute atomic E-state index is 10.9. The van der Waals surface area contributed by atoms with E-state index in [0.29, 0.717) is 0 Å². The minimum Gasteiger partial charge on any atom is -0.247 e. The zero-order chi connectivity index (χ0) is 4.12. The summed E-state index contributed by atoms with van der Waals surface area (Å²) in [5.41, 5.74) is 0. The Morgan fingerprint density at radius 1 is 2.00 bits per heavy atom. The zero-order valence-corrected chi connectivity index (χ0v) is 3.24. The standard InChI is InChI=1S/C4H7F/c1-2-3-4-5/h2-3H,4H2,1H3/p+1.